The summed E-state index contributed by atoms with van der Waals surface area (Å²) in [5.74, 6) is -0.425. The third-order valence-electron chi connectivity index (χ3n) is 5.86. The molecule has 0 aliphatic heterocycles. The molecule has 0 aliphatic carbocycles. The fraction of sp³-hybridized carbons (Fsp3) is 0.154. The summed E-state index contributed by atoms with van der Waals surface area (Å²) in [5, 5.41) is 2.79. The molecule has 0 bridgehead atoms. The van der Waals surface area contributed by atoms with Crippen LogP contribution >= 0.6 is 0 Å². The Kier molecular flexibility index (Phi) is 6.36. The summed E-state index contributed by atoms with van der Waals surface area (Å²) < 4.78 is 31.9. The van der Waals surface area contributed by atoms with Crippen LogP contribution in [0.15, 0.2) is 82.5 Å². The van der Waals surface area contributed by atoms with Crippen LogP contribution in [0.5, 0.6) is 0 Å². The number of rotatable bonds is 6. The molecule has 35 heavy (non-hydrogen) atoms. The molecule has 1 amide bonds. The molecule has 0 unspecified atom stereocenters. The first-order valence-electron chi connectivity index (χ1n) is 10.9. The Bertz CT molecular complexity index is 1570. The maximum Gasteiger partial charge on any atom is 0.296 e. The summed E-state index contributed by atoms with van der Waals surface area (Å²) in [6, 6.07) is 20.5. The lowest BCUT2D eigenvalue weighted by Gasteiger charge is -2.11. The summed E-state index contributed by atoms with van der Waals surface area (Å²) in [7, 11) is -2.47. The zero-order valence-electron chi connectivity index (χ0n) is 19.9. The van der Waals surface area contributed by atoms with Crippen molar-refractivity contribution in [2.75, 3.05) is 10.0 Å². The van der Waals surface area contributed by atoms with Gasteiger partial charge in [-0.25, -0.2) is 13.1 Å². The zero-order valence-corrected chi connectivity index (χ0v) is 20.7. The summed E-state index contributed by atoms with van der Waals surface area (Å²) in [4.78, 5) is 25.9. The highest BCUT2D eigenvalue weighted by molar-refractivity contribution is 7.92. The lowest BCUT2D eigenvalue weighted by molar-refractivity contribution is 0.102. The molecule has 8 nitrogen and oxygen atoms in total. The number of hydrogen-bond acceptors (Lipinski definition) is 4. The van der Waals surface area contributed by atoms with Crippen molar-refractivity contribution in [2.24, 2.45) is 7.05 Å². The van der Waals surface area contributed by atoms with Crippen LogP contribution in [0.3, 0.4) is 0 Å². The minimum Gasteiger partial charge on any atom is -0.322 e. The van der Waals surface area contributed by atoms with Crippen molar-refractivity contribution >= 4 is 27.3 Å². The van der Waals surface area contributed by atoms with Crippen molar-refractivity contribution in [3.05, 3.63) is 106 Å². The van der Waals surface area contributed by atoms with Crippen LogP contribution in [0.1, 0.15) is 27.2 Å². The number of hydrogen-bond donors (Lipinski definition) is 2. The first-order chi connectivity index (χ1) is 16.6. The van der Waals surface area contributed by atoms with E-state index in [1.807, 2.05) is 25.1 Å². The lowest BCUT2D eigenvalue weighted by Crippen LogP contribution is -2.23. The van der Waals surface area contributed by atoms with E-state index in [1.165, 1.54) is 16.8 Å². The predicted octanol–water partition coefficient (Wildman–Crippen LogP) is 4.15. The second-order valence-corrected chi connectivity index (χ2v) is 10.0. The number of sulfonamides is 1. The predicted molar refractivity (Wildman–Crippen MR) is 137 cm³/mol. The summed E-state index contributed by atoms with van der Waals surface area (Å²) in [5.41, 5.74) is 3.02. The van der Waals surface area contributed by atoms with Gasteiger partial charge in [-0.15, -0.1) is 0 Å². The molecule has 0 radical (unpaired) electrons. The highest BCUT2D eigenvalue weighted by Crippen LogP contribution is 2.22. The van der Waals surface area contributed by atoms with Crippen molar-refractivity contribution in [3.63, 3.8) is 0 Å². The Balaban J connectivity index is 1.67. The Morgan fingerprint density at radius 2 is 1.54 bits per heavy atom. The van der Waals surface area contributed by atoms with Crippen molar-refractivity contribution < 1.29 is 13.2 Å². The van der Waals surface area contributed by atoms with Gasteiger partial charge in [0.1, 0.15) is 5.69 Å². The SMILES string of the molecule is Cc1ccc(NC(=O)c2cc(S(=O)(=O)Nc3c(C)n(C)n(-c4ccccc4)c3=O)ccc2C)cc1. The van der Waals surface area contributed by atoms with Crippen LogP contribution in [-0.2, 0) is 17.1 Å². The first kappa shape index (κ1) is 24.0. The Morgan fingerprint density at radius 3 is 2.20 bits per heavy atom. The van der Waals surface area contributed by atoms with Gasteiger partial charge in [0, 0.05) is 18.3 Å². The molecule has 0 aliphatic rings. The lowest BCUT2D eigenvalue weighted by atomic mass is 10.1. The summed E-state index contributed by atoms with van der Waals surface area (Å²) in [6.45, 7) is 5.34. The van der Waals surface area contributed by atoms with Gasteiger partial charge in [0.05, 0.1) is 16.3 Å². The van der Waals surface area contributed by atoms with Crippen molar-refractivity contribution in [1.29, 1.82) is 0 Å². The van der Waals surface area contributed by atoms with E-state index in [9.17, 15) is 18.0 Å². The molecule has 0 atom stereocenters. The normalized spacial score (nSPS) is 11.3. The zero-order chi connectivity index (χ0) is 25.3. The third kappa shape index (κ3) is 4.76. The quantitative estimate of drug-likeness (QED) is 0.424. The molecule has 0 saturated carbocycles. The standard InChI is InChI=1S/C26H26N4O4S/c1-17-10-13-20(14-11-17)27-25(31)23-16-22(15-12-18(23)2)35(33,34)28-24-19(3)29(4)30(26(24)32)21-8-6-5-7-9-21/h5-16,28H,1-4H3,(H,27,31). The van der Waals surface area contributed by atoms with Crippen LogP contribution in [0.4, 0.5) is 11.4 Å². The molecule has 0 saturated heterocycles. The molecule has 0 fully saturated rings. The third-order valence-corrected chi connectivity index (χ3v) is 7.21. The summed E-state index contributed by atoms with van der Waals surface area (Å²) >= 11 is 0. The van der Waals surface area contributed by atoms with Gasteiger partial charge in [-0.3, -0.25) is 19.0 Å². The first-order valence-corrected chi connectivity index (χ1v) is 12.4. The number of carbonyl (C=O) groups excluding carboxylic acids is 1. The average molecular weight is 491 g/mol. The Labute approximate surface area is 203 Å². The fourth-order valence-corrected chi connectivity index (χ4v) is 4.87. The van der Waals surface area contributed by atoms with Crippen LogP contribution in [-0.4, -0.2) is 23.7 Å². The molecule has 9 heteroatoms. The Morgan fingerprint density at radius 1 is 0.886 bits per heavy atom. The molecule has 1 heterocycles. The monoisotopic (exact) mass is 490 g/mol. The molecule has 180 valence electrons. The van der Waals surface area contributed by atoms with Crippen molar-refractivity contribution in [3.8, 4) is 5.69 Å². The van der Waals surface area contributed by atoms with Crippen molar-refractivity contribution in [2.45, 2.75) is 25.7 Å². The second-order valence-electron chi connectivity index (χ2n) is 8.34. The average Bonchev–Trinajstić information content (AvgIpc) is 3.04. The number of nitrogens with one attached hydrogen (secondary N) is 2. The molecular formula is C26H26N4O4S. The molecule has 3 aromatic carbocycles. The number of benzene rings is 3. The van der Waals surface area contributed by atoms with Gasteiger partial charge in [-0.2, -0.15) is 0 Å². The van der Waals surface area contributed by atoms with E-state index in [0.29, 0.717) is 22.6 Å². The number of carbonyl (C=O) groups is 1. The maximum absolute atomic E-state index is 13.2. The van der Waals surface area contributed by atoms with E-state index in [0.717, 1.165) is 5.56 Å². The van der Waals surface area contributed by atoms with Crippen LogP contribution in [0, 0.1) is 20.8 Å². The van der Waals surface area contributed by atoms with E-state index in [-0.39, 0.29) is 16.1 Å². The highest BCUT2D eigenvalue weighted by Gasteiger charge is 2.24. The maximum atomic E-state index is 13.2. The molecular weight excluding hydrogens is 464 g/mol. The van der Waals surface area contributed by atoms with Gasteiger partial charge in [0.15, 0.2) is 0 Å². The van der Waals surface area contributed by atoms with E-state index in [4.69, 9.17) is 0 Å². The molecule has 4 aromatic rings. The van der Waals surface area contributed by atoms with E-state index in [1.54, 1.807) is 68.0 Å². The number of amides is 1. The van der Waals surface area contributed by atoms with Crippen LogP contribution in [0.25, 0.3) is 5.69 Å². The van der Waals surface area contributed by atoms with Gasteiger partial charge in [-0.1, -0.05) is 42.0 Å². The smallest absolute Gasteiger partial charge is 0.296 e. The fourth-order valence-electron chi connectivity index (χ4n) is 3.73. The van der Waals surface area contributed by atoms with Gasteiger partial charge in [0.25, 0.3) is 21.5 Å². The minimum atomic E-state index is -4.15. The molecule has 0 spiro atoms. The number of aryl methyl sites for hydroxylation is 2. The largest absolute Gasteiger partial charge is 0.322 e. The number of aromatic nitrogens is 2. The van der Waals surface area contributed by atoms with Crippen LogP contribution < -0.4 is 15.6 Å². The second kappa shape index (κ2) is 9.27. The Hall–Kier alpha value is -4.11. The molecule has 1 aromatic heterocycles. The topological polar surface area (TPSA) is 102 Å². The van der Waals surface area contributed by atoms with Crippen LogP contribution in [0.2, 0.25) is 0 Å². The van der Waals surface area contributed by atoms with Gasteiger partial charge < -0.3 is 5.32 Å². The summed E-state index contributed by atoms with van der Waals surface area (Å²) in [6.07, 6.45) is 0. The highest BCUT2D eigenvalue weighted by atomic mass is 32.2. The number of nitrogens with zero attached hydrogens (tertiary/aromatic N) is 2. The number of para-hydroxylation sites is 1. The van der Waals surface area contributed by atoms with E-state index >= 15 is 0 Å². The molecule has 2 N–H and O–H groups in total. The minimum absolute atomic E-state index is 0.0532. The number of anilines is 2. The van der Waals surface area contributed by atoms with Gasteiger partial charge in [-0.05, 0) is 62.7 Å². The van der Waals surface area contributed by atoms with Gasteiger partial charge in [0.2, 0.25) is 0 Å². The molecule has 4 rings (SSSR count). The van der Waals surface area contributed by atoms with E-state index < -0.39 is 21.5 Å². The van der Waals surface area contributed by atoms with Crippen molar-refractivity contribution in [1.82, 2.24) is 9.36 Å². The van der Waals surface area contributed by atoms with Gasteiger partial charge >= 0.3 is 0 Å². The van der Waals surface area contributed by atoms with E-state index in [2.05, 4.69) is 10.0 Å².